The van der Waals surface area contributed by atoms with Gasteiger partial charge in [-0.15, -0.1) is 0 Å². The number of likely N-dealkylation sites (tertiary alicyclic amines) is 1. The maximum absolute atomic E-state index is 12.5. The van der Waals surface area contributed by atoms with E-state index in [9.17, 15) is 14.4 Å². The minimum Gasteiger partial charge on any atom is -0.460 e. The molecule has 3 unspecified atom stereocenters. The largest absolute Gasteiger partial charge is 0.460 e. The van der Waals surface area contributed by atoms with Crippen LogP contribution in [0.15, 0.2) is 42.5 Å². The molecule has 1 aromatic rings. The first-order chi connectivity index (χ1) is 14.7. The first-order valence-electron chi connectivity index (χ1n) is 10.7. The Kier molecular flexibility index (Phi) is 9.24. The lowest BCUT2D eigenvalue weighted by atomic mass is 10.1. The maximum atomic E-state index is 12.5. The van der Waals surface area contributed by atoms with E-state index < -0.39 is 17.7 Å². The highest BCUT2D eigenvalue weighted by Gasteiger charge is 2.35. The topological polar surface area (TPSA) is 84.9 Å². The van der Waals surface area contributed by atoms with Crippen molar-refractivity contribution in [3.05, 3.63) is 48.0 Å². The molecule has 2 rings (SSSR count). The Morgan fingerprint density at radius 3 is 2.55 bits per heavy atom. The maximum Gasteiger partial charge on any atom is 0.408 e. The Morgan fingerprint density at radius 1 is 1.19 bits per heavy atom. The third-order valence-electron chi connectivity index (χ3n) is 5.17. The summed E-state index contributed by atoms with van der Waals surface area (Å²) in [6, 6.07) is 9.01. The second-order valence-corrected chi connectivity index (χ2v) is 8.84. The summed E-state index contributed by atoms with van der Waals surface area (Å²) >= 11 is 0. The van der Waals surface area contributed by atoms with Crippen molar-refractivity contribution in [2.75, 3.05) is 7.05 Å². The van der Waals surface area contributed by atoms with Crippen molar-refractivity contribution in [2.45, 2.75) is 76.8 Å². The molecule has 1 aromatic carbocycles. The third kappa shape index (κ3) is 8.53. The Bertz CT molecular complexity index is 757. The second-order valence-electron chi connectivity index (χ2n) is 8.84. The summed E-state index contributed by atoms with van der Waals surface area (Å²) in [5.41, 5.74) is 0.361. The summed E-state index contributed by atoms with van der Waals surface area (Å²) in [5, 5.41) is 2.56. The second kappa shape index (κ2) is 11.6. The summed E-state index contributed by atoms with van der Waals surface area (Å²) in [5.74, 6) is -0.194. The van der Waals surface area contributed by atoms with Gasteiger partial charge in [0, 0.05) is 6.04 Å². The van der Waals surface area contributed by atoms with Crippen molar-refractivity contribution in [2.24, 2.45) is 0 Å². The van der Waals surface area contributed by atoms with E-state index in [1.807, 2.05) is 49.5 Å². The Hall–Kier alpha value is -2.67. The number of hydrogen-bond donors (Lipinski definition) is 1. The number of likely N-dealkylation sites (N-methyl/N-ethyl adjacent to an activating group) is 1. The number of amides is 1. The van der Waals surface area contributed by atoms with Crippen LogP contribution in [-0.2, 0) is 25.7 Å². The fraction of sp³-hybridized carbons (Fsp3) is 0.542. The van der Waals surface area contributed by atoms with E-state index in [1.165, 1.54) is 0 Å². The van der Waals surface area contributed by atoms with Gasteiger partial charge in [-0.25, -0.2) is 4.79 Å². The van der Waals surface area contributed by atoms with Gasteiger partial charge in [0.2, 0.25) is 0 Å². The van der Waals surface area contributed by atoms with Crippen LogP contribution >= 0.6 is 0 Å². The lowest BCUT2D eigenvalue weighted by Gasteiger charge is -2.23. The lowest BCUT2D eigenvalue weighted by molar-refractivity contribution is -0.150. The minimum atomic E-state index is -0.631. The number of ether oxygens (including phenoxy) is 2. The molecule has 0 saturated carbocycles. The number of carbonyl (C=O) groups excluding carboxylic acids is 3. The summed E-state index contributed by atoms with van der Waals surface area (Å²) in [6.07, 6.45) is 6.79. The van der Waals surface area contributed by atoms with Crippen LogP contribution in [0.25, 0.3) is 0 Å². The van der Waals surface area contributed by atoms with Gasteiger partial charge in [-0.05, 0) is 59.1 Å². The van der Waals surface area contributed by atoms with Crippen LogP contribution in [0.2, 0.25) is 0 Å². The number of esters is 1. The molecule has 1 N–H and O–H groups in total. The number of carbonyl (C=O) groups is 3. The van der Waals surface area contributed by atoms with E-state index in [0.717, 1.165) is 24.8 Å². The van der Waals surface area contributed by atoms with Crippen LogP contribution in [0.1, 0.15) is 52.0 Å². The number of nitrogens with one attached hydrogen (secondary N) is 1. The molecule has 1 amide bonds. The quantitative estimate of drug-likeness (QED) is 0.366. The summed E-state index contributed by atoms with van der Waals surface area (Å²) in [4.78, 5) is 37.5. The van der Waals surface area contributed by atoms with E-state index in [-0.39, 0.29) is 24.7 Å². The number of benzene rings is 1. The number of aldehydes is 1. The molecule has 0 aromatic heterocycles. The zero-order valence-corrected chi connectivity index (χ0v) is 18.9. The van der Waals surface area contributed by atoms with Gasteiger partial charge in [-0.3, -0.25) is 9.69 Å². The number of alkyl carbamates (subject to hydrolysis) is 1. The first kappa shape index (κ1) is 24.6. The molecule has 1 fully saturated rings. The summed E-state index contributed by atoms with van der Waals surface area (Å²) < 4.78 is 10.7. The van der Waals surface area contributed by atoms with Crippen molar-refractivity contribution < 1.29 is 23.9 Å². The van der Waals surface area contributed by atoms with E-state index in [0.29, 0.717) is 12.7 Å². The molecular formula is C24H34N2O5. The normalized spacial score (nSPS) is 20.4. The molecule has 7 heteroatoms. The van der Waals surface area contributed by atoms with Gasteiger partial charge in [-0.1, -0.05) is 42.5 Å². The SMILES string of the molecule is CN1C(C/C=C\CC(C=O)NC(=O)OC(C)(C)C)CCC1C(=O)OCc1ccccc1. The van der Waals surface area contributed by atoms with Crippen LogP contribution in [0, 0.1) is 0 Å². The van der Waals surface area contributed by atoms with Crippen molar-refractivity contribution in [3.63, 3.8) is 0 Å². The van der Waals surface area contributed by atoms with Gasteiger partial charge in [0.25, 0.3) is 0 Å². The van der Waals surface area contributed by atoms with Crippen LogP contribution in [0.5, 0.6) is 0 Å². The molecule has 31 heavy (non-hydrogen) atoms. The Labute approximate surface area is 184 Å². The average molecular weight is 431 g/mol. The molecule has 1 heterocycles. The van der Waals surface area contributed by atoms with Crippen LogP contribution in [0.3, 0.4) is 0 Å². The van der Waals surface area contributed by atoms with Crippen LogP contribution in [-0.4, -0.2) is 54.0 Å². The summed E-state index contributed by atoms with van der Waals surface area (Å²) in [7, 11) is 1.94. The molecule has 7 nitrogen and oxygen atoms in total. The molecular weight excluding hydrogens is 396 g/mol. The fourth-order valence-corrected chi connectivity index (χ4v) is 3.51. The molecule has 1 aliphatic rings. The van der Waals surface area contributed by atoms with Crippen molar-refractivity contribution in [1.29, 1.82) is 0 Å². The molecule has 0 aliphatic carbocycles. The Balaban J connectivity index is 1.74. The monoisotopic (exact) mass is 430 g/mol. The van der Waals surface area contributed by atoms with E-state index in [1.54, 1.807) is 20.8 Å². The van der Waals surface area contributed by atoms with Gasteiger partial charge in [0.1, 0.15) is 24.5 Å². The predicted octanol–water partition coefficient (Wildman–Crippen LogP) is 3.62. The number of rotatable bonds is 9. The highest BCUT2D eigenvalue weighted by Crippen LogP contribution is 2.26. The van der Waals surface area contributed by atoms with Gasteiger partial charge in [0.05, 0.1) is 6.04 Å². The van der Waals surface area contributed by atoms with Gasteiger partial charge >= 0.3 is 12.1 Å². The third-order valence-corrected chi connectivity index (χ3v) is 5.17. The standard InChI is InChI=1S/C24H34N2O5/c1-24(2,3)31-23(29)25-19(16-27)12-8-9-13-20-14-15-21(26(20)4)22(28)30-17-18-10-6-5-7-11-18/h5-11,16,19-21H,12-15,17H2,1-4H3,(H,25,29)/b9-8-. The highest BCUT2D eigenvalue weighted by molar-refractivity contribution is 5.76. The van der Waals surface area contributed by atoms with Gasteiger partial charge in [0.15, 0.2) is 0 Å². The van der Waals surface area contributed by atoms with Crippen molar-refractivity contribution in [1.82, 2.24) is 10.2 Å². The molecule has 0 spiro atoms. The van der Waals surface area contributed by atoms with Crippen molar-refractivity contribution >= 4 is 18.3 Å². The number of hydrogen-bond acceptors (Lipinski definition) is 6. The van der Waals surface area contributed by atoms with E-state index in [4.69, 9.17) is 9.47 Å². The molecule has 1 saturated heterocycles. The van der Waals surface area contributed by atoms with Gasteiger partial charge in [-0.2, -0.15) is 0 Å². The van der Waals surface area contributed by atoms with E-state index in [2.05, 4.69) is 10.2 Å². The van der Waals surface area contributed by atoms with Crippen LogP contribution < -0.4 is 5.32 Å². The molecule has 0 radical (unpaired) electrons. The fourth-order valence-electron chi connectivity index (χ4n) is 3.51. The minimum absolute atomic E-state index is 0.194. The first-order valence-corrected chi connectivity index (χ1v) is 10.7. The zero-order valence-electron chi connectivity index (χ0n) is 18.9. The van der Waals surface area contributed by atoms with Crippen molar-refractivity contribution in [3.8, 4) is 0 Å². The average Bonchev–Trinajstić information content (AvgIpc) is 3.08. The predicted molar refractivity (Wildman–Crippen MR) is 118 cm³/mol. The number of nitrogens with zero attached hydrogens (tertiary/aromatic N) is 1. The molecule has 0 bridgehead atoms. The van der Waals surface area contributed by atoms with Gasteiger partial charge < -0.3 is 19.6 Å². The van der Waals surface area contributed by atoms with Crippen LogP contribution in [0.4, 0.5) is 4.79 Å². The molecule has 1 aliphatic heterocycles. The lowest BCUT2D eigenvalue weighted by Crippen LogP contribution is -2.39. The molecule has 3 atom stereocenters. The Morgan fingerprint density at radius 2 is 1.90 bits per heavy atom. The summed E-state index contributed by atoms with van der Waals surface area (Å²) in [6.45, 7) is 5.59. The smallest absolute Gasteiger partial charge is 0.408 e. The highest BCUT2D eigenvalue weighted by atomic mass is 16.6. The van der Waals surface area contributed by atoms with E-state index >= 15 is 0 Å². The zero-order chi connectivity index (χ0) is 22.9. The molecule has 170 valence electrons.